The third-order valence-electron chi connectivity index (χ3n) is 4.32. The highest BCUT2D eigenvalue weighted by atomic mass is 16.5. The number of fused-ring (bicyclic) bond motifs is 1. The third-order valence-corrected chi connectivity index (χ3v) is 4.32. The van der Waals surface area contributed by atoms with Crippen molar-refractivity contribution >= 4 is 17.9 Å². The summed E-state index contributed by atoms with van der Waals surface area (Å²) in [6, 6.07) is 8.07. The van der Waals surface area contributed by atoms with Gasteiger partial charge in [-0.15, -0.1) is 0 Å². The number of urea groups is 1. The van der Waals surface area contributed by atoms with Crippen molar-refractivity contribution in [1.29, 1.82) is 0 Å². The number of hydrogen-bond acceptors (Lipinski definition) is 5. The minimum Gasteiger partial charge on any atom is -0.491 e. The number of carbonyl (C=O) groups is 2. The largest absolute Gasteiger partial charge is 0.491 e. The highest BCUT2D eigenvalue weighted by Gasteiger charge is 2.50. The monoisotopic (exact) mass is 361 g/mol. The number of β-amino-alcohol motifs (C(OH)–C–C–N with tert-alkyl or cyclic N) is 1. The molecule has 0 spiro atoms. The molecule has 0 saturated carbocycles. The van der Waals surface area contributed by atoms with Crippen molar-refractivity contribution in [1.82, 2.24) is 20.4 Å². The van der Waals surface area contributed by atoms with Gasteiger partial charge in [-0.05, 0) is 19.1 Å². The quantitative estimate of drug-likeness (QED) is 0.636. The van der Waals surface area contributed by atoms with E-state index < -0.39 is 30.2 Å². The van der Waals surface area contributed by atoms with Gasteiger partial charge >= 0.3 is 6.03 Å². The number of imide groups is 1. The van der Waals surface area contributed by atoms with Crippen LogP contribution >= 0.6 is 0 Å². The fraction of sp³-hybridized carbons (Fsp3) is 0.471. The molecular weight excluding hydrogens is 338 g/mol. The van der Waals surface area contributed by atoms with Crippen LogP contribution in [0, 0.1) is 0 Å². The number of aliphatic hydroxyl groups excluding tert-OH is 1. The predicted molar refractivity (Wildman–Crippen MR) is 94.6 cm³/mol. The number of benzene rings is 1. The van der Waals surface area contributed by atoms with Gasteiger partial charge in [0, 0.05) is 13.6 Å². The molecule has 26 heavy (non-hydrogen) atoms. The van der Waals surface area contributed by atoms with Gasteiger partial charge in [0.2, 0.25) is 0 Å². The van der Waals surface area contributed by atoms with Crippen LogP contribution < -0.4 is 15.4 Å². The van der Waals surface area contributed by atoms with E-state index >= 15 is 0 Å². The molecule has 2 saturated heterocycles. The van der Waals surface area contributed by atoms with Crippen LogP contribution in [-0.2, 0) is 4.79 Å². The van der Waals surface area contributed by atoms with Crippen molar-refractivity contribution in [3.05, 3.63) is 30.3 Å². The summed E-state index contributed by atoms with van der Waals surface area (Å²) < 4.78 is 5.57. The first kappa shape index (κ1) is 18.0. The summed E-state index contributed by atoms with van der Waals surface area (Å²) in [5.41, 5.74) is 0. The van der Waals surface area contributed by atoms with Crippen LogP contribution in [0.3, 0.4) is 0 Å². The minimum atomic E-state index is -0.839. The minimum absolute atomic E-state index is 0.0771. The Morgan fingerprint density at radius 1 is 1.31 bits per heavy atom. The molecular formula is C17H23N5O4. The Labute approximate surface area is 151 Å². The Morgan fingerprint density at radius 2 is 2.04 bits per heavy atom. The molecule has 3 atom stereocenters. The van der Waals surface area contributed by atoms with Gasteiger partial charge in [0.1, 0.15) is 24.6 Å². The summed E-state index contributed by atoms with van der Waals surface area (Å²) in [6.07, 6.45) is -1.36. The summed E-state index contributed by atoms with van der Waals surface area (Å²) >= 11 is 0. The first-order valence-electron chi connectivity index (χ1n) is 8.52. The zero-order chi connectivity index (χ0) is 18.7. The van der Waals surface area contributed by atoms with Crippen molar-refractivity contribution in [2.75, 3.05) is 26.7 Å². The number of amides is 3. The molecule has 3 amide bonds. The summed E-state index contributed by atoms with van der Waals surface area (Å²) in [5.74, 6) is 0.730. The lowest BCUT2D eigenvalue weighted by atomic mass is 10.1. The molecule has 2 heterocycles. The normalized spacial score (nSPS) is 25.0. The zero-order valence-corrected chi connectivity index (χ0v) is 14.8. The lowest BCUT2D eigenvalue weighted by molar-refractivity contribution is -0.127. The summed E-state index contributed by atoms with van der Waals surface area (Å²) in [5, 5.41) is 15.8. The highest BCUT2D eigenvalue weighted by Crippen LogP contribution is 2.21. The molecule has 9 nitrogen and oxygen atoms in total. The van der Waals surface area contributed by atoms with Crippen molar-refractivity contribution in [3.63, 3.8) is 0 Å². The number of guanidine groups is 1. The Kier molecular flexibility index (Phi) is 5.27. The third kappa shape index (κ3) is 3.57. The summed E-state index contributed by atoms with van der Waals surface area (Å²) in [4.78, 5) is 31.6. The average Bonchev–Trinajstić information content (AvgIpc) is 2.98. The molecule has 140 valence electrons. The van der Waals surface area contributed by atoms with Crippen molar-refractivity contribution in [2.45, 2.75) is 25.2 Å². The van der Waals surface area contributed by atoms with E-state index in [4.69, 9.17) is 4.74 Å². The SMILES string of the molecule is CCN=C1NC2C(C(=O)NC(=O)N2C)N1CC(O)COc1ccccc1. The van der Waals surface area contributed by atoms with Crippen molar-refractivity contribution in [3.8, 4) is 5.75 Å². The van der Waals surface area contributed by atoms with E-state index in [9.17, 15) is 14.7 Å². The second-order valence-corrected chi connectivity index (χ2v) is 6.17. The molecule has 3 rings (SSSR count). The fourth-order valence-corrected chi connectivity index (χ4v) is 3.06. The van der Waals surface area contributed by atoms with E-state index in [0.29, 0.717) is 18.3 Å². The van der Waals surface area contributed by atoms with Crippen LogP contribution in [0.2, 0.25) is 0 Å². The van der Waals surface area contributed by atoms with E-state index in [0.717, 1.165) is 0 Å². The summed E-state index contributed by atoms with van der Waals surface area (Å²) in [6.45, 7) is 2.61. The van der Waals surface area contributed by atoms with Crippen molar-refractivity contribution < 1.29 is 19.4 Å². The molecule has 0 aromatic heterocycles. The van der Waals surface area contributed by atoms with Gasteiger partial charge in [0.05, 0.1) is 6.54 Å². The number of carbonyl (C=O) groups excluding carboxylic acids is 2. The molecule has 0 bridgehead atoms. The van der Waals surface area contributed by atoms with E-state index in [1.54, 1.807) is 24.1 Å². The van der Waals surface area contributed by atoms with Crippen LogP contribution in [0.15, 0.2) is 35.3 Å². The Balaban J connectivity index is 1.70. The molecule has 2 aliphatic heterocycles. The number of hydrogen-bond donors (Lipinski definition) is 3. The standard InChI is InChI=1S/C17H23N5O4/c1-3-18-16-19-14-13(15(24)20-17(25)21(14)2)22(16)9-11(23)10-26-12-7-5-4-6-8-12/h4-8,11,13-14,23H,3,9-10H2,1-2H3,(H,18,19)(H,20,24,25). The maximum Gasteiger partial charge on any atom is 0.325 e. The molecule has 0 aliphatic carbocycles. The van der Waals surface area contributed by atoms with Crippen LogP contribution in [0.5, 0.6) is 5.75 Å². The van der Waals surface area contributed by atoms with E-state index in [2.05, 4.69) is 15.6 Å². The molecule has 2 fully saturated rings. The van der Waals surface area contributed by atoms with E-state index in [1.165, 1.54) is 4.90 Å². The van der Waals surface area contributed by atoms with Crippen LogP contribution in [0.1, 0.15) is 6.92 Å². The first-order valence-corrected chi connectivity index (χ1v) is 8.52. The number of nitrogens with zero attached hydrogens (tertiary/aromatic N) is 3. The second-order valence-electron chi connectivity index (χ2n) is 6.17. The summed E-state index contributed by atoms with van der Waals surface area (Å²) in [7, 11) is 1.61. The lowest BCUT2D eigenvalue weighted by Crippen LogP contribution is -2.65. The van der Waals surface area contributed by atoms with E-state index in [-0.39, 0.29) is 13.2 Å². The van der Waals surface area contributed by atoms with Crippen molar-refractivity contribution in [2.24, 2.45) is 4.99 Å². The number of aliphatic hydroxyl groups is 1. The van der Waals surface area contributed by atoms with Gasteiger partial charge in [-0.3, -0.25) is 15.1 Å². The van der Waals surface area contributed by atoms with Gasteiger partial charge in [0.15, 0.2) is 12.0 Å². The number of ether oxygens (including phenoxy) is 1. The zero-order valence-electron chi connectivity index (χ0n) is 14.8. The van der Waals surface area contributed by atoms with Crippen LogP contribution in [0.25, 0.3) is 0 Å². The van der Waals surface area contributed by atoms with Gasteiger partial charge in [-0.1, -0.05) is 18.2 Å². The first-order chi connectivity index (χ1) is 12.5. The fourth-order valence-electron chi connectivity index (χ4n) is 3.06. The Morgan fingerprint density at radius 3 is 2.73 bits per heavy atom. The van der Waals surface area contributed by atoms with E-state index in [1.807, 2.05) is 25.1 Å². The maximum atomic E-state index is 12.3. The number of nitrogens with one attached hydrogen (secondary N) is 2. The molecule has 9 heteroatoms. The Hall–Kier alpha value is -2.81. The van der Waals surface area contributed by atoms with Gasteiger partial charge < -0.3 is 25.0 Å². The van der Waals surface area contributed by atoms with Crippen LogP contribution in [-0.4, -0.2) is 77.9 Å². The molecule has 1 aromatic rings. The maximum absolute atomic E-state index is 12.3. The van der Waals surface area contributed by atoms with Gasteiger partial charge in [0.25, 0.3) is 5.91 Å². The second kappa shape index (κ2) is 7.61. The highest BCUT2D eigenvalue weighted by molar-refractivity contribution is 6.04. The molecule has 1 aromatic carbocycles. The molecule has 2 aliphatic rings. The molecule has 3 unspecified atom stereocenters. The number of rotatable bonds is 6. The number of para-hydroxylation sites is 1. The average molecular weight is 361 g/mol. The molecule has 3 N–H and O–H groups in total. The molecule has 0 radical (unpaired) electrons. The number of aliphatic imine (C=N–C) groups is 1. The number of likely N-dealkylation sites (N-methyl/N-ethyl adjacent to an activating group) is 1. The van der Waals surface area contributed by atoms with Crippen LogP contribution in [0.4, 0.5) is 4.79 Å². The lowest BCUT2D eigenvalue weighted by Gasteiger charge is -2.35. The topological polar surface area (TPSA) is 106 Å². The Bertz CT molecular complexity index is 696. The smallest absolute Gasteiger partial charge is 0.325 e. The van der Waals surface area contributed by atoms with Gasteiger partial charge in [-0.2, -0.15) is 0 Å². The predicted octanol–water partition coefficient (Wildman–Crippen LogP) is -0.416. The van der Waals surface area contributed by atoms with Gasteiger partial charge in [-0.25, -0.2) is 4.79 Å².